The molecule has 1 atom stereocenters. The molecule has 0 aromatic carbocycles. The zero-order valence-corrected chi connectivity index (χ0v) is 10.6. The van der Waals surface area contributed by atoms with Crippen LogP contribution in [0, 0.1) is 0 Å². The van der Waals surface area contributed by atoms with Gasteiger partial charge in [0.1, 0.15) is 0 Å². The first-order valence-electron chi connectivity index (χ1n) is 6.53. The lowest BCUT2D eigenvalue weighted by molar-refractivity contribution is -0.121. The van der Waals surface area contributed by atoms with Crippen LogP contribution in [0.1, 0.15) is 19.3 Å². The van der Waals surface area contributed by atoms with E-state index in [1.807, 2.05) is 0 Å². The number of likely N-dealkylation sites (tertiary alicyclic amines) is 1. The van der Waals surface area contributed by atoms with E-state index in [0.717, 1.165) is 45.6 Å². The van der Waals surface area contributed by atoms with E-state index in [1.165, 1.54) is 0 Å². The fraction of sp³-hybridized carbons (Fsp3) is 0.917. The molecule has 0 saturated carbocycles. The molecule has 5 nitrogen and oxygen atoms in total. The van der Waals surface area contributed by atoms with Crippen molar-refractivity contribution in [1.82, 2.24) is 15.5 Å². The second kappa shape index (κ2) is 6.33. The van der Waals surface area contributed by atoms with Crippen molar-refractivity contribution >= 4 is 5.91 Å². The summed E-state index contributed by atoms with van der Waals surface area (Å²) in [6, 6.07) is 0.782. The van der Waals surface area contributed by atoms with Gasteiger partial charge < -0.3 is 20.3 Å². The molecule has 2 rings (SSSR count). The van der Waals surface area contributed by atoms with Crippen LogP contribution in [0.25, 0.3) is 0 Å². The van der Waals surface area contributed by atoms with E-state index in [9.17, 15) is 4.79 Å². The number of nitrogens with one attached hydrogen (secondary N) is 2. The first-order valence-corrected chi connectivity index (χ1v) is 6.53. The minimum absolute atomic E-state index is 0.117. The van der Waals surface area contributed by atoms with Gasteiger partial charge in [-0.15, -0.1) is 0 Å². The number of ether oxygens (including phenoxy) is 1. The van der Waals surface area contributed by atoms with Gasteiger partial charge in [0.05, 0.1) is 6.54 Å². The SMILES string of the molecule is CN1CCC(NCC(=O)NC2CCOCC2)C1. The molecule has 2 saturated heterocycles. The summed E-state index contributed by atoms with van der Waals surface area (Å²) in [6.45, 7) is 4.15. The van der Waals surface area contributed by atoms with E-state index in [0.29, 0.717) is 18.6 Å². The molecule has 2 aliphatic heterocycles. The summed E-state index contributed by atoms with van der Waals surface area (Å²) in [6.07, 6.45) is 3.02. The highest BCUT2D eigenvalue weighted by Gasteiger charge is 2.20. The lowest BCUT2D eigenvalue weighted by Gasteiger charge is -2.23. The lowest BCUT2D eigenvalue weighted by atomic mass is 10.1. The van der Waals surface area contributed by atoms with Crippen molar-refractivity contribution in [2.45, 2.75) is 31.3 Å². The molecule has 1 unspecified atom stereocenters. The normalized spacial score (nSPS) is 27.2. The molecule has 0 radical (unpaired) electrons. The van der Waals surface area contributed by atoms with E-state index in [4.69, 9.17) is 4.74 Å². The van der Waals surface area contributed by atoms with Crippen LogP contribution in [0.4, 0.5) is 0 Å². The minimum atomic E-state index is 0.117. The van der Waals surface area contributed by atoms with Crippen LogP contribution in [-0.2, 0) is 9.53 Å². The van der Waals surface area contributed by atoms with Crippen LogP contribution in [0.2, 0.25) is 0 Å². The van der Waals surface area contributed by atoms with Gasteiger partial charge in [0.2, 0.25) is 5.91 Å². The molecule has 5 heteroatoms. The van der Waals surface area contributed by atoms with Crippen molar-refractivity contribution in [2.24, 2.45) is 0 Å². The molecular formula is C12H23N3O2. The van der Waals surface area contributed by atoms with Gasteiger partial charge in [-0.3, -0.25) is 4.79 Å². The summed E-state index contributed by atoms with van der Waals surface area (Å²) in [5.41, 5.74) is 0. The number of hydrogen-bond acceptors (Lipinski definition) is 4. The molecule has 2 N–H and O–H groups in total. The van der Waals surface area contributed by atoms with Gasteiger partial charge in [-0.25, -0.2) is 0 Å². The van der Waals surface area contributed by atoms with Crippen LogP contribution >= 0.6 is 0 Å². The highest BCUT2D eigenvalue weighted by Crippen LogP contribution is 2.07. The van der Waals surface area contributed by atoms with Crippen LogP contribution in [0.5, 0.6) is 0 Å². The summed E-state index contributed by atoms with van der Waals surface area (Å²) in [7, 11) is 2.11. The summed E-state index contributed by atoms with van der Waals surface area (Å²) in [5.74, 6) is 0.117. The monoisotopic (exact) mass is 241 g/mol. The molecule has 0 aromatic rings. The van der Waals surface area contributed by atoms with Gasteiger partial charge in [-0.05, 0) is 32.9 Å². The van der Waals surface area contributed by atoms with E-state index < -0.39 is 0 Å². The molecule has 2 heterocycles. The van der Waals surface area contributed by atoms with Crippen molar-refractivity contribution in [1.29, 1.82) is 0 Å². The van der Waals surface area contributed by atoms with Crippen molar-refractivity contribution < 1.29 is 9.53 Å². The van der Waals surface area contributed by atoms with E-state index in [2.05, 4.69) is 22.6 Å². The number of carbonyl (C=O) groups is 1. The molecule has 17 heavy (non-hydrogen) atoms. The Kier molecular flexibility index (Phi) is 4.76. The maximum atomic E-state index is 11.7. The quantitative estimate of drug-likeness (QED) is 0.701. The second-order valence-electron chi connectivity index (χ2n) is 5.08. The Morgan fingerprint density at radius 1 is 1.29 bits per heavy atom. The molecule has 0 bridgehead atoms. The average molecular weight is 241 g/mol. The van der Waals surface area contributed by atoms with Crippen molar-refractivity contribution in [3.63, 3.8) is 0 Å². The topological polar surface area (TPSA) is 53.6 Å². The number of carbonyl (C=O) groups excluding carboxylic acids is 1. The maximum absolute atomic E-state index is 11.7. The van der Waals surface area contributed by atoms with Gasteiger partial charge in [0, 0.05) is 31.8 Å². The zero-order valence-electron chi connectivity index (χ0n) is 10.6. The van der Waals surface area contributed by atoms with Crippen LogP contribution in [0.3, 0.4) is 0 Å². The molecule has 0 aliphatic carbocycles. The fourth-order valence-electron chi connectivity index (χ4n) is 2.46. The summed E-state index contributed by atoms with van der Waals surface area (Å²) >= 11 is 0. The molecule has 0 spiro atoms. The standard InChI is InChI=1S/C12H23N3O2/c1-15-5-2-11(9-15)13-8-12(16)14-10-3-6-17-7-4-10/h10-11,13H,2-9H2,1H3,(H,14,16). The first kappa shape index (κ1) is 12.8. The van der Waals surface area contributed by atoms with Crippen molar-refractivity contribution in [3.8, 4) is 0 Å². The van der Waals surface area contributed by atoms with E-state index >= 15 is 0 Å². The summed E-state index contributed by atoms with van der Waals surface area (Å²) in [5, 5.41) is 6.38. The highest BCUT2D eigenvalue weighted by atomic mass is 16.5. The third kappa shape index (κ3) is 4.26. The molecular weight excluding hydrogens is 218 g/mol. The van der Waals surface area contributed by atoms with Gasteiger partial charge >= 0.3 is 0 Å². The predicted molar refractivity (Wildman–Crippen MR) is 65.9 cm³/mol. The number of amides is 1. The van der Waals surface area contributed by atoms with Gasteiger partial charge in [-0.1, -0.05) is 0 Å². The summed E-state index contributed by atoms with van der Waals surface area (Å²) < 4.78 is 5.26. The number of likely N-dealkylation sites (N-methyl/N-ethyl adjacent to an activating group) is 1. The molecule has 0 aromatic heterocycles. The average Bonchev–Trinajstić information content (AvgIpc) is 2.74. The molecule has 2 fully saturated rings. The number of hydrogen-bond donors (Lipinski definition) is 2. The van der Waals surface area contributed by atoms with Crippen LogP contribution in [-0.4, -0.2) is 62.8 Å². The Morgan fingerprint density at radius 3 is 2.71 bits per heavy atom. The van der Waals surface area contributed by atoms with Gasteiger partial charge in [0.15, 0.2) is 0 Å². The van der Waals surface area contributed by atoms with Crippen LogP contribution < -0.4 is 10.6 Å². The number of nitrogens with zero attached hydrogens (tertiary/aromatic N) is 1. The fourth-order valence-corrected chi connectivity index (χ4v) is 2.46. The third-order valence-electron chi connectivity index (χ3n) is 3.53. The molecule has 2 aliphatic rings. The Bertz CT molecular complexity index is 254. The molecule has 98 valence electrons. The summed E-state index contributed by atoms with van der Waals surface area (Å²) in [4.78, 5) is 14.0. The zero-order chi connectivity index (χ0) is 12.1. The lowest BCUT2D eigenvalue weighted by Crippen LogP contribution is -2.45. The smallest absolute Gasteiger partial charge is 0.234 e. The minimum Gasteiger partial charge on any atom is -0.381 e. The Hall–Kier alpha value is -0.650. The predicted octanol–water partition coefficient (Wildman–Crippen LogP) is -0.425. The maximum Gasteiger partial charge on any atom is 0.234 e. The largest absolute Gasteiger partial charge is 0.381 e. The van der Waals surface area contributed by atoms with Crippen molar-refractivity contribution in [2.75, 3.05) is 39.9 Å². The van der Waals surface area contributed by atoms with Gasteiger partial charge in [-0.2, -0.15) is 0 Å². The third-order valence-corrected chi connectivity index (χ3v) is 3.53. The Labute approximate surface area is 103 Å². The van der Waals surface area contributed by atoms with E-state index in [1.54, 1.807) is 0 Å². The van der Waals surface area contributed by atoms with Gasteiger partial charge in [0.25, 0.3) is 0 Å². The highest BCUT2D eigenvalue weighted by molar-refractivity contribution is 5.78. The first-order chi connectivity index (χ1) is 8.24. The molecule has 1 amide bonds. The Morgan fingerprint density at radius 2 is 2.06 bits per heavy atom. The van der Waals surface area contributed by atoms with Crippen LogP contribution in [0.15, 0.2) is 0 Å². The Balaban J connectivity index is 1.60. The second-order valence-corrected chi connectivity index (χ2v) is 5.08. The number of rotatable bonds is 4. The van der Waals surface area contributed by atoms with E-state index in [-0.39, 0.29) is 5.91 Å². The van der Waals surface area contributed by atoms with Crippen molar-refractivity contribution in [3.05, 3.63) is 0 Å².